The van der Waals surface area contributed by atoms with E-state index in [-0.39, 0.29) is 12.2 Å². The minimum atomic E-state index is -1.23. The summed E-state index contributed by atoms with van der Waals surface area (Å²) in [6.45, 7) is 6.32. The number of rotatable bonds is 4. The number of nitrogens with zero attached hydrogens (tertiary/aromatic N) is 1. The zero-order valence-corrected chi connectivity index (χ0v) is 10.8. The molecule has 0 fully saturated rings. The number of hydrogen-bond donors (Lipinski definition) is 1. The monoisotopic (exact) mass is 245 g/mol. The Bertz CT molecular complexity index is 318. The van der Waals surface area contributed by atoms with Crippen LogP contribution in [0.25, 0.3) is 0 Å². The number of carboxylic acids is 1. The SMILES string of the molecule is CC(=O)C[C@@H](C(=O)O)N(C)C(=O)OC(C)(C)C. The van der Waals surface area contributed by atoms with Crippen LogP contribution in [0.4, 0.5) is 4.79 Å². The highest BCUT2D eigenvalue weighted by atomic mass is 16.6. The van der Waals surface area contributed by atoms with Crippen molar-refractivity contribution in [1.82, 2.24) is 4.90 Å². The fourth-order valence-corrected chi connectivity index (χ4v) is 1.12. The molecule has 17 heavy (non-hydrogen) atoms. The van der Waals surface area contributed by atoms with Gasteiger partial charge in [0.2, 0.25) is 0 Å². The lowest BCUT2D eigenvalue weighted by Crippen LogP contribution is -2.45. The molecule has 0 aliphatic heterocycles. The van der Waals surface area contributed by atoms with Gasteiger partial charge in [0, 0.05) is 13.5 Å². The zero-order valence-electron chi connectivity index (χ0n) is 10.8. The molecule has 98 valence electrons. The van der Waals surface area contributed by atoms with Gasteiger partial charge in [-0.1, -0.05) is 0 Å². The van der Waals surface area contributed by atoms with E-state index in [1.807, 2.05) is 0 Å². The first-order valence-corrected chi connectivity index (χ1v) is 5.22. The molecule has 0 saturated carbocycles. The molecule has 1 N–H and O–H groups in total. The van der Waals surface area contributed by atoms with Crippen LogP contribution in [-0.2, 0) is 14.3 Å². The van der Waals surface area contributed by atoms with E-state index < -0.39 is 23.7 Å². The third-order valence-corrected chi connectivity index (χ3v) is 1.91. The molecule has 0 heterocycles. The Balaban J connectivity index is 4.72. The van der Waals surface area contributed by atoms with E-state index in [4.69, 9.17) is 9.84 Å². The lowest BCUT2D eigenvalue weighted by molar-refractivity contribution is -0.144. The fourth-order valence-electron chi connectivity index (χ4n) is 1.12. The Hall–Kier alpha value is -1.59. The number of ether oxygens (including phenoxy) is 1. The second-order valence-electron chi connectivity index (χ2n) is 4.85. The molecule has 0 aromatic heterocycles. The van der Waals surface area contributed by atoms with Crippen LogP contribution < -0.4 is 0 Å². The van der Waals surface area contributed by atoms with Gasteiger partial charge in [-0.05, 0) is 27.7 Å². The Labute approximate surface area is 101 Å². The average molecular weight is 245 g/mol. The van der Waals surface area contributed by atoms with Crippen LogP contribution in [0.2, 0.25) is 0 Å². The number of aliphatic carboxylic acids is 1. The van der Waals surface area contributed by atoms with Gasteiger partial charge >= 0.3 is 12.1 Å². The van der Waals surface area contributed by atoms with Crippen LogP contribution in [0.1, 0.15) is 34.1 Å². The van der Waals surface area contributed by atoms with Crippen molar-refractivity contribution in [1.29, 1.82) is 0 Å². The number of amides is 1. The smallest absolute Gasteiger partial charge is 0.410 e. The van der Waals surface area contributed by atoms with Crippen LogP contribution in [0.15, 0.2) is 0 Å². The summed E-state index contributed by atoms with van der Waals surface area (Å²) in [5.74, 6) is -1.53. The number of hydrogen-bond acceptors (Lipinski definition) is 4. The first kappa shape index (κ1) is 15.4. The molecule has 1 amide bonds. The maximum atomic E-state index is 11.6. The zero-order chi connectivity index (χ0) is 13.8. The Morgan fingerprint density at radius 1 is 1.29 bits per heavy atom. The molecule has 0 aliphatic rings. The number of carbonyl (C=O) groups excluding carboxylic acids is 2. The van der Waals surface area contributed by atoms with Crippen molar-refractivity contribution < 1.29 is 24.2 Å². The number of carbonyl (C=O) groups is 3. The summed E-state index contributed by atoms with van der Waals surface area (Å²) < 4.78 is 5.02. The van der Waals surface area contributed by atoms with E-state index in [1.165, 1.54) is 14.0 Å². The predicted octanol–water partition coefficient (Wildman–Crippen LogP) is 1.29. The van der Waals surface area contributed by atoms with Crippen molar-refractivity contribution in [3.63, 3.8) is 0 Å². The minimum Gasteiger partial charge on any atom is -0.480 e. The van der Waals surface area contributed by atoms with E-state index in [2.05, 4.69) is 0 Å². The molecule has 0 saturated heterocycles. The molecule has 0 aromatic rings. The van der Waals surface area contributed by atoms with Crippen molar-refractivity contribution in [2.24, 2.45) is 0 Å². The summed E-state index contributed by atoms with van der Waals surface area (Å²) in [7, 11) is 1.30. The van der Waals surface area contributed by atoms with Gasteiger partial charge in [0.15, 0.2) is 0 Å². The molecule has 0 spiro atoms. The summed E-state index contributed by atoms with van der Waals surface area (Å²) in [6, 6.07) is -1.19. The van der Waals surface area contributed by atoms with Gasteiger partial charge in [0.25, 0.3) is 0 Å². The lowest BCUT2D eigenvalue weighted by Gasteiger charge is -2.28. The predicted molar refractivity (Wildman–Crippen MR) is 60.7 cm³/mol. The largest absolute Gasteiger partial charge is 0.480 e. The first-order valence-electron chi connectivity index (χ1n) is 5.22. The molecule has 0 unspecified atom stereocenters. The van der Waals surface area contributed by atoms with Gasteiger partial charge in [-0.3, -0.25) is 9.69 Å². The van der Waals surface area contributed by atoms with E-state index in [9.17, 15) is 14.4 Å². The first-order chi connectivity index (χ1) is 7.54. The van der Waals surface area contributed by atoms with Gasteiger partial charge in [-0.2, -0.15) is 0 Å². The van der Waals surface area contributed by atoms with Gasteiger partial charge in [-0.25, -0.2) is 9.59 Å². The molecule has 0 rings (SSSR count). The summed E-state index contributed by atoms with van der Waals surface area (Å²) in [5.41, 5.74) is -0.704. The molecular formula is C11H19NO5. The number of Topliss-reactive ketones (excluding diaryl/α,β-unsaturated/α-hetero) is 1. The Morgan fingerprint density at radius 2 is 1.76 bits per heavy atom. The molecule has 6 nitrogen and oxygen atoms in total. The summed E-state index contributed by atoms with van der Waals surface area (Å²) in [4.78, 5) is 34.4. The highest BCUT2D eigenvalue weighted by Gasteiger charge is 2.30. The van der Waals surface area contributed by atoms with Crippen molar-refractivity contribution in [2.45, 2.75) is 45.8 Å². The second kappa shape index (κ2) is 5.65. The van der Waals surface area contributed by atoms with Gasteiger partial charge in [-0.15, -0.1) is 0 Å². The molecular weight excluding hydrogens is 226 g/mol. The summed E-state index contributed by atoms with van der Waals surface area (Å²) in [5, 5.41) is 8.94. The van der Waals surface area contributed by atoms with Gasteiger partial charge < -0.3 is 9.84 Å². The van der Waals surface area contributed by atoms with E-state index in [0.717, 1.165) is 4.90 Å². The lowest BCUT2D eigenvalue weighted by atomic mass is 10.1. The van der Waals surface area contributed by atoms with E-state index in [0.29, 0.717) is 0 Å². The highest BCUT2D eigenvalue weighted by Crippen LogP contribution is 2.12. The third kappa shape index (κ3) is 5.89. The van der Waals surface area contributed by atoms with Gasteiger partial charge in [0.1, 0.15) is 17.4 Å². The van der Waals surface area contributed by atoms with Crippen LogP contribution >= 0.6 is 0 Å². The highest BCUT2D eigenvalue weighted by molar-refractivity contribution is 5.86. The quantitative estimate of drug-likeness (QED) is 0.806. The number of carboxylic acid groups (broad SMARTS) is 1. The topological polar surface area (TPSA) is 83.9 Å². The maximum Gasteiger partial charge on any atom is 0.410 e. The number of likely N-dealkylation sites (N-methyl/N-ethyl adjacent to an activating group) is 1. The average Bonchev–Trinajstić information content (AvgIpc) is 2.09. The summed E-state index contributed by atoms with van der Waals surface area (Å²) in [6.07, 6.45) is -0.989. The molecule has 0 aromatic carbocycles. The van der Waals surface area contributed by atoms with Crippen LogP contribution in [0, 0.1) is 0 Å². The van der Waals surface area contributed by atoms with Crippen LogP contribution in [0.5, 0.6) is 0 Å². The second-order valence-corrected chi connectivity index (χ2v) is 4.85. The van der Waals surface area contributed by atoms with Crippen molar-refractivity contribution in [3.05, 3.63) is 0 Å². The molecule has 6 heteroatoms. The standard InChI is InChI=1S/C11H19NO5/c1-7(13)6-8(9(14)15)12(5)10(16)17-11(2,3)4/h8H,6H2,1-5H3,(H,14,15)/t8-/m0/s1. The number of ketones is 1. The van der Waals surface area contributed by atoms with E-state index in [1.54, 1.807) is 20.8 Å². The fraction of sp³-hybridized carbons (Fsp3) is 0.727. The van der Waals surface area contributed by atoms with Crippen molar-refractivity contribution >= 4 is 17.8 Å². The minimum absolute atomic E-state index is 0.231. The van der Waals surface area contributed by atoms with Crippen LogP contribution in [0.3, 0.4) is 0 Å². The Morgan fingerprint density at radius 3 is 2.06 bits per heavy atom. The van der Waals surface area contributed by atoms with Crippen molar-refractivity contribution in [2.75, 3.05) is 7.05 Å². The maximum absolute atomic E-state index is 11.6. The normalized spacial score (nSPS) is 12.8. The molecule has 0 bridgehead atoms. The molecule has 0 aliphatic carbocycles. The Kier molecular flexibility index (Phi) is 5.12. The molecule has 1 atom stereocenters. The van der Waals surface area contributed by atoms with Crippen molar-refractivity contribution in [3.8, 4) is 0 Å². The van der Waals surface area contributed by atoms with E-state index >= 15 is 0 Å². The van der Waals surface area contributed by atoms with Gasteiger partial charge in [0.05, 0.1) is 0 Å². The third-order valence-electron chi connectivity index (χ3n) is 1.91. The summed E-state index contributed by atoms with van der Waals surface area (Å²) >= 11 is 0. The molecule has 0 radical (unpaired) electrons. The van der Waals surface area contributed by atoms with Crippen LogP contribution in [-0.4, -0.2) is 46.5 Å².